The third-order valence-electron chi connectivity index (χ3n) is 3.36. The molecule has 2 heteroatoms. The minimum absolute atomic E-state index is 0.0577. The van der Waals surface area contributed by atoms with Crippen molar-refractivity contribution in [3.63, 3.8) is 0 Å². The summed E-state index contributed by atoms with van der Waals surface area (Å²) in [5.41, 5.74) is 9.71. The summed E-state index contributed by atoms with van der Waals surface area (Å²) < 4.78 is 6.02. The van der Waals surface area contributed by atoms with Crippen LogP contribution in [0.15, 0.2) is 40.8 Å². The highest BCUT2D eigenvalue weighted by Gasteiger charge is 2.20. The molecule has 0 amide bonds. The topological polar surface area (TPSA) is 39.2 Å². The molecule has 0 saturated carbocycles. The van der Waals surface area contributed by atoms with Gasteiger partial charge in [0.2, 0.25) is 0 Å². The Labute approximate surface area is 106 Å². The Kier molecular flexibility index (Phi) is 2.18. The van der Waals surface area contributed by atoms with Crippen LogP contribution in [0, 0.1) is 0 Å². The zero-order valence-corrected chi connectivity index (χ0v) is 10.9. The summed E-state index contributed by atoms with van der Waals surface area (Å²) in [6.45, 7) is 6.58. The number of nitrogens with two attached hydrogens (primary N) is 1. The molecule has 18 heavy (non-hydrogen) atoms. The third kappa shape index (κ3) is 1.49. The number of anilines is 1. The fraction of sp³-hybridized carbons (Fsp3) is 0.250. The lowest BCUT2D eigenvalue weighted by Gasteiger charge is -2.18. The summed E-state index contributed by atoms with van der Waals surface area (Å²) in [4.78, 5) is 0. The Balaban J connectivity index is 2.50. The van der Waals surface area contributed by atoms with Crippen LogP contribution in [-0.4, -0.2) is 0 Å². The Hall–Kier alpha value is -1.96. The highest BCUT2D eigenvalue weighted by molar-refractivity contribution is 6.09. The van der Waals surface area contributed by atoms with Gasteiger partial charge in [0.1, 0.15) is 5.58 Å². The summed E-state index contributed by atoms with van der Waals surface area (Å²) in [7, 11) is 0. The molecule has 3 rings (SSSR count). The first-order chi connectivity index (χ1) is 8.48. The molecule has 0 saturated heterocycles. The number of benzene rings is 2. The van der Waals surface area contributed by atoms with Crippen molar-refractivity contribution in [3.8, 4) is 0 Å². The van der Waals surface area contributed by atoms with Crippen LogP contribution in [0.1, 0.15) is 26.3 Å². The van der Waals surface area contributed by atoms with E-state index >= 15 is 0 Å². The van der Waals surface area contributed by atoms with E-state index in [9.17, 15) is 0 Å². The standard InChI is InChI=1S/C16H17NO/c1-16(2,3)12-8-4-6-10-11-7-5-9-13(17)15(11)18-14(10)12/h4-9H,17H2,1-3H3. The van der Waals surface area contributed by atoms with E-state index in [-0.39, 0.29) is 5.41 Å². The summed E-state index contributed by atoms with van der Waals surface area (Å²) in [6.07, 6.45) is 0. The highest BCUT2D eigenvalue weighted by Crippen LogP contribution is 2.37. The zero-order valence-electron chi connectivity index (χ0n) is 10.9. The van der Waals surface area contributed by atoms with Crippen LogP contribution in [0.4, 0.5) is 5.69 Å². The second kappa shape index (κ2) is 3.52. The van der Waals surface area contributed by atoms with Gasteiger partial charge in [-0.1, -0.05) is 51.1 Å². The first-order valence-corrected chi connectivity index (χ1v) is 6.18. The zero-order chi connectivity index (χ0) is 12.9. The van der Waals surface area contributed by atoms with Crippen LogP contribution >= 0.6 is 0 Å². The summed E-state index contributed by atoms with van der Waals surface area (Å²) >= 11 is 0. The number of rotatable bonds is 0. The molecule has 0 radical (unpaired) electrons. The molecule has 2 N–H and O–H groups in total. The van der Waals surface area contributed by atoms with Gasteiger partial charge >= 0.3 is 0 Å². The van der Waals surface area contributed by atoms with Gasteiger partial charge in [0.05, 0.1) is 5.69 Å². The Bertz CT molecular complexity index is 732. The average Bonchev–Trinajstić information content (AvgIpc) is 2.68. The van der Waals surface area contributed by atoms with Crippen molar-refractivity contribution < 1.29 is 4.42 Å². The van der Waals surface area contributed by atoms with Crippen LogP contribution in [-0.2, 0) is 5.41 Å². The molecule has 0 spiro atoms. The average molecular weight is 239 g/mol. The molecule has 0 aliphatic heterocycles. The molecule has 0 aliphatic rings. The van der Waals surface area contributed by atoms with E-state index in [4.69, 9.17) is 10.2 Å². The molecule has 0 bridgehead atoms. The van der Waals surface area contributed by atoms with Crippen LogP contribution in [0.2, 0.25) is 0 Å². The lowest BCUT2D eigenvalue weighted by atomic mass is 9.86. The molecule has 3 aromatic rings. The van der Waals surface area contributed by atoms with Gasteiger partial charge in [-0.3, -0.25) is 0 Å². The molecule has 0 fully saturated rings. The van der Waals surface area contributed by atoms with E-state index in [1.807, 2.05) is 12.1 Å². The van der Waals surface area contributed by atoms with E-state index < -0.39 is 0 Å². The van der Waals surface area contributed by atoms with E-state index in [1.54, 1.807) is 0 Å². The van der Waals surface area contributed by atoms with Gasteiger partial charge in [0.25, 0.3) is 0 Å². The van der Waals surface area contributed by atoms with Crippen molar-refractivity contribution in [3.05, 3.63) is 42.0 Å². The second-order valence-corrected chi connectivity index (χ2v) is 5.76. The van der Waals surface area contributed by atoms with Crippen molar-refractivity contribution in [2.45, 2.75) is 26.2 Å². The molecular weight excluding hydrogens is 222 g/mol. The van der Waals surface area contributed by atoms with E-state index in [0.717, 1.165) is 21.9 Å². The van der Waals surface area contributed by atoms with E-state index in [2.05, 4.69) is 45.0 Å². The summed E-state index contributed by atoms with van der Waals surface area (Å²) in [6, 6.07) is 12.2. The molecule has 2 nitrogen and oxygen atoms in total. The monoisotopic (exact) mass is 239 g/mol. The van der Waals surface area contributed by atoms with Gasteiger partial charge < -0.3 is 10.2 Å². The van der Waals surface area contributed by atoms with Crippen molar-refractivity contribution in [2.75, 3.05) is 5.73 Å². The maximum absolute atomic E-state index is 6.02. The minimum Gasteiger partial charge on any atom is -0.454 e. The van der Waals surface area contributed by atoms with Gasteiger partial charge in [0.15, 0.2) is 5.58 Å². The van der Waals surface area contributed by atoms with Crippen LogP contribution < -0.4 is 5.73 Å². The number of furan rings is 1. The second-order valence-electron chi connectivity index (χ2n) is 5.76. The Morgan fingerprint density at radius 2 is 1.50 bits per heavy atom. The van der Waals surface area contributed by atoms with Gasteiger partial charge in [-0.15, -0.1) is 0 Å². The van der Waals surface area contributed by atoms with Crippen molar-refractivity contribution >= 4 is 27.6 Å². The minimum atomic E-state index is 0.0577. The summed E-state index contributed by atoms with van der Waals surface area (Å²) in [5, 5.41) is 2.24. The molecule has 0 atom stereocenters. The van der Waals surface area contributed by atoms with Crippen molar-refractivity contribution in [1.82, 2.24) is 0 Å². The predicted octanol–water partition coefficient (Wildman–Crippen LogP) is 4.47. The lowest BCUT2D eigenvalue weighted by molar-refractivity contribution is 0.573. The van der Waals surface area contributed by atoms with Crippen LogP contribution in [0.3, 0.4) is 0 Å². The van der Waals surface area contributed by atoms with E-state index in [0.29, 0.717) is 5.69 Å². The first kappa shape index (κ1) is 11.1. The predicted molar refractivity (Wildman–Crippen MR) is 76.8 cm³/mol. The van der Waals surface area contributed by atoms with Crippen LogP contribution in [0.25, 0.3) is 21.9 Å². The Morgan fingerprint density at radius 3 is 2.17 bits per heavy atom. The first-order valence-electron chi connectivity index (χ1n) is 6.18. The van der Waals surface area contributed by atoms with Gasteiger partial charge in [-0.2, -0.15) is 0 Å². The van der Waals surface area contributed by atoms with Crippen molar-refractivity contribution in [1.29, 1.82) is 0 Å². The van der Waals surface area contributed by atoms with Gasteiger partial charge in [-0.25, -0.2) is 0 Å². The number of para-hydroxylation sites is 2. The number of fused-ring (bicyclic) bond motifs is 3. The smallest absolute Gasteiger partial charge is 0.158 e. The Morgan fingerprint density at radius 1 is 0.889 bits per heavy atom. The molecule has 0 unspecified atom stereocenters. The number of nitrogen functional groups attached to an aromatic ring is 1. The highest BCUT2D eigenvalue weighted by atomic mass is 16.3. The van der Waals surface area contributed by atoms with Crippen molar-refractivity contribution in [2.24, 2.45) is 0 Å². The maximum atomic E-state index is 6.02. The van der Waals surface area contributed by atoms with Gasteiger partial charge in [0, 0.05) is 16.3 Å². The van der Waals surface area contributed by atoms with E-state index in [1.165, 1.54) is 5.56 Å². The fourth-order valence-electron chi connectivity index (χ4n) is 2.43. The molecule has 92 valence electrons. The molecule has 2 aromatic carbocycles. The number of hydrogen-bond donors (Lipinski definition) is 1. The SMILES string of the molecule is CC(C)(C)c1cccc2c1oc1c(N)cccc12. The van der Waals surface area contributed by atoms with Gasteiger partial charge in [-0.05, 0) is 11.5 Å². The lowest BCUT2D eigenvalue weighted by Crippen LogP contribution is -2.10. The van der Waals surface area contributed by atoms with Crippen LogP contribution in [0.5, 0.6) is 0 Å². The molecule has 1 aromatic heterocycles. The maximum Gasteiger partial charge on any atom is 0.158 e. The molecule has 1 heterocycles. The normalized spacial score (nSPS) is 12.4. The molecular formula is C16H17NO. The summed E-state index contributed by atoms with van der Waals surface area (Å²) in [5.74, 6) is 0. The third-order valence-corrected chi connectivity index (χ3v) is 3.36. The molecule has 0 aliphatic carbocycles. The largest absolute Gasteiger partial charge is 0.454 e. The number of hydrogen-bond acceptors (Lipinski definition) is 2. The quantitative estimate of drug-likeness (QED) is 0.588. The fourth-order valence-corrected chi connectivity index (χ4v) is 2.43.